The van der Waals surface area contributed by atoms with Crippen LogP contribution in [0.25, 0.3) is 77.5 Å². The maximum Gasteiger partial charge on any atom is 0.227 e. The van der Waals surface area contributed by atoms with Crippen LogP contribution in [0.1, 0.15) is 0 Å². The van der Waals surface area contributed by atoms with Gasteiger partial charge in [0.25, 0.3) is 0 Å². The predicted molar refractivity (Wildman–Crippen MR) is 225 cm³/mol. The van der Waals surface area contributed by atoms with Gasteiger partial charge in [-0.05, 0) is 104 Å². The fraction of sp³-hybridized carbons (Fsp3) is 0. The van der Waals surface area contributed by atoms with E-state index in [0.717, 1.165) is 72.1 Å². The first kappa shape index (κ1) is 31.5. The van der Waals surface area contributed by atoms with Crippen LogP contribution in [0, 0.1) is 0 Å². The van der Waals surface area contributed by atoms with Crippen LogP contribution in [0.3, 0.4) is 0 Å². The molecule has 0 atom stereocenters. The van der Waals surface area contributed by atoms with Crippen LogP contribution in [0.15, 0.2) is 211 Å². The Balaban J connectivity index is 1.13. The molecule has 0 spiro atoms. The Hall–Kier alpha value is -7.23. The van der Waals surface area contributed by atoms with Gasteiger partial charge >= 0.3 is 0 Å². The minimum atomic E-state index is 0.620. The SMILES string of the molecule is c1ccc(-c2cccc(N(c3cccc(-c4ccccc4)c3)c3cccc(-c4cccc5ccc6nc(-c7ccc8ccccc8c7)oc6c45)c3)c2)cc1. The van der Waals surface area contributed by atoms with Gasteiger partial charge in [-0.15, -0.1) is 0 Å². The molecule has 0 N–H and O–H groups in total. The van der Waals surface area contributed by atoms with E-state index in [1.54, 1.807) is 0 Å². The summed E-state index contributed by atoms with van der Waals surface area (Å²) >= 11 is 0. The second kappa shape index (κ2) is 13.4. The minimum absolute atomic E-state index is 0.620. The highest BCUT2D eigenvalue weighted by molar-refractivity contribution is 6.11. The maximum absolute atomic E-state index is 6.68. The van der Waals surface area contributed by atoms with E-state index in [-0.39, 0.29) is 0 Å². The number of aromatic nitrogens is 1. The van der Waals surface area contributed by atoms with Gasteiger partial charge in [-0.2, -0.15) is 0 Å². The molecule has 9 aromatic carbocycles. The van der Waals surface area contributed by atoms with E-state index in [4.69, 9.17) is 9.40 Å². The van der Waals surface area contributed by atoms with E-state index in [0.29, 0.717) is 5.89 Å². The van der Waals surface area contributed by atoms with Gasteiger partial charge < -0.3 is 9.32 Å². The number of fused-ring (bicyclic) bond motifs is 4. The normalized spacial score (nSPS) is 11.3. The molecule has 0 fully saturated rings. The summed E-state index contributed by atoms with van der Waals surface area (Å²) in [7, 11) is 0. The highest BCUT2D eigenvalue weighted by Gasteiger charge is 2.18. The third-order valence-corrected chi connectivity index (χ3v) is 10.2. The number of rotatable bonds is 7. The predicted octanol–water partition coefficient (Wildman–Crippen LogP) is 14.3. The number of oxazole rings is 1. The van der Waals surface area contributed by atoms with Crippen molar-refractivity contribution in [1.29, 1.82) is 0 Å². The van der Waals surface area contributed by atoms with Crippen molar-refractivity contribution >= 4 is 49.7 Å². The molecule has 0 aliphatic heterocycles. The van der Waals surface area contributed by atoms with Crippen molar-refractivity contribution in [3.8, 4) is 44.8 Å². The first-order valence-electron chi connectivity index (χ1n) is 18.3. The van der Waals surface area contributed by atoms with E-state index in [1.165, 1.54) is 16.5 Å². The zero-order chi connectivity index (χ0) is 35.8. The van der Waals surface area contributed by atoms with Crippen LogP contribution in [-0.4, -0.2) is 4.98 Å². The summed E-state index contributed by atoms with van der Waals surface area (Å²) in [4.78, 5) is 7.35. The Bertz CT molecular complexity index is 2860. The van der Waals surface area contributed by atoms with Gasteiger partial charge in [-0.25, -0.2) is 4.98 Å². The van der Waals surface area contributed by atoms with Crippen molar-refractivity contribution in [2.24, 2.45) is 0 Å². The molecular weight excluding hydrogens is 657 g/mol. The van der Waals surface area contributed by atoms with Crippen LogP contribution >= 0.6 is 0 Å². The Labute approximate surface area is 314 Å². The average molecular weight is 691 g/mol. The van der Waals surface area contributed by atoms with Crippen molar-refractivity contribution < 1.29 is 4.42 Å². The molecule has 54 heavy (non-hydrogen) atoms. The molecule has 10 aromatic rings. The maximum atomic E-state index is 6.68. The lowest BCUT2D eigenvalue weighted by molar-refractivity contribution is 0.623. The van der Waals surface area contributed by atoms with Gasteiger partial charge in [-0.3, -0.25) is 0 Å². The van der Waals surface area contributed by atoms with Gasteiger partial charge in [0.15, 0.2) is 5.58 Å². The van der Waals surface area contributed by atoms with E-state index in [1.807, 2.05) is 0 Å². The van der Waals surface area contributed by atoms with Crippen molar-refractivity contribution in [2.75, 3.05) is 4.90 Å². The molecular formula is C51H34N2O. The molecule has 0 radical (unpaired) electrons. The van der Waals surface area contributed by atoms with E-state index in [9.17, 15) is 0 Å². The lowest BCUT2D eigenvalue weighted by Crippen LogP contribution is -2.10. The van der Waals surface area contributed by atoms with Gasteiger partial charge in [0, 0.05) is 28.0 Å². The van der Waals surface area contributed by atoms with Gasteiger partial charge in [0.1, 0.15) is 5.52 Å². The molecule has 0 bridgehead atoms. The zero-order valence-electron chi connectivity index (χ0n) is 29.4. The van der Waals surface area contributed by atoms with Crippen LogP contribution in [0.4, 0.5) is 17.1 Å². The van der Waals surface area contributed by atoms with Crippen molar-refractivity contribution in [3.05, 3.63) is 206 Å². The summed E-state index contributed by atoms with van der Waals surface area (Å²) in [5, 5.41) is 4.51. The van der Waals surface area contributed by atoms with Crippen LogP contribution < -0.4 is 4.90 Å². The number of anilines is 3. The number of nitrogens with zero attached hydrogens (tertiary/aromatic N) is 2. The topological polar surface area (TPSA) is 29.3 Å². The second-order valence-corrected chi connectivity index (χ2v) is 13.6. The van der Waals surface area contributed by atoms with Crippen molar-refractivity contribution in [2.45, 2.75) is 0 Å². The Morgan fingerprint density at radius 1 is 0.352 bits per heavy atom. The first-order chi connectivity index (χ1) is 26.7. The highest BCUT2D eigenvalue weighted by atomic mass is 16.3. The smallest absolute Gasteiger partial charge is 0.227 e. The largest absolute Gasteiger partial charge is 0.435 e. The van der Waals surface area contributed by atoms with Crippen molar-refractivity contribution in [1.82, 2.24) is 4.98 Å². The number of hydrogen-bond donors (Lipinski definition) is 0. The summed E-state index contributed by atoms with van der Waals surface area (Å²) in [5.41, 5.74) is 12.7. The van der Waals surface area contributed by atoms with Crippen molar-refractivity contribution in [3.63, 3.8) is 0 Å². The summed E-state index contributed by atoms with van der Waals surface area (Å²) in [5.74, 6) is 0.620. The molecule has 0 unspecified atom stereocenters. The quantitative estimate of drug-likeness (QED) is 0.167. The van der Waals surface area contributed by atoms with E-state index < -0.39 is 0 Å². The summed E-state index contributed by atoms with van der Waals surface area (Å²) in [6, 6.07) is 73.0. The molecule has 1 heterocycles. The monoisotopic (exact) mass is 690 g/mol. The molecule has 0 amide bonds. The molecule has 0 saturated carbocycles. The molecule has 254 valence electrons. The average Bonchev–Trinajstić information content (AvgIpc) is 3.70. The zero-order valence-corrected chi connectivity index (χ0v) is 29.4. The molecule has 1 aromatic heterocycles. The van der Waals surface area contributed by atoms with Gasteiger partial charge in [0.2, 0.25) is 5.89 Å². The standard InChI is InChI=1S/C51H34N2O/c1-3-13-35(14-4-1)40-20-9-23-44(32-40)53(45-24-10-21-41(33-45)36-15-5-2-6-16-36)46-25-11-22-42(34-46)47-26-12-19-38-29-30-48-50(49(38)47)54-51(52-48)43-28-27-37-17-7-8-18-39(37)31-43/h1-34H. The Kier molecular flexibility index (Phi) is 7.81. The van der Waals surface area contributed by atoms with Gasteiger partial charge in [-0.1, -0.05) is 152 Å². The molecule has 0 saturated heterocycles. The molecule has 0 aliphatic carbocycles. The van der Waals surface area contributed by atoms with Crippen LogP contribution in [-0.2, 0) is 0 Å². The summed E-state index contributed by atoms with van der Waals surface area (Å²) in [6.07, 6.45) is 0. The highest BCUT2D eigenvalue weighted by Crippen LogP contribution is 2.42. The van der Waals surface area contributed by atoms with E-state index in [2.05, 4.69) is 211 Å². The Morgan fingerprint density at radius 3 is 1.54 bits per heavy atom. The lowest BCUT2D eigenvalue weighted by atomic mass is 9.96. The van der Waals surface area contributed by atoms with Crippen LogP contribution in [0.2, 0.25) is 0 Å². The fourth-order valence-electron chi connectivity index (χ4n) is 7.61. The molecule has 10 rings (SSSR count). The summed E-state index contributed by atoms with van der Waals surface area (Å²) < 4.78 is 6.68. The molecule has 3 nitrogen and oxygen atoms in total. The van der Waals surface area contributed by atoms with Gasteiger partial charge in [0.05, 0.1) is 0 Å². The number of benzene rings is 9. The molecule has 0 aliphatic rings. The fourth-order valence-corrected chi connectivity index (χ4v) is 7.61. The van der Waals surface area contributed by atoms with E-state index >= 15 is 0 Å². The third kappa shape index (κ3) is 5.78. The second-order valence-electron chi connectivity index (χ2n) is 13.6. The Morgan fingerprint density at radius 2 is 0.870 bits per heavy atom. The number of hydrogen-bond acceptors (Lipinski definition) is 3. The third-order valence-electron chi connectivity index (χ3n) is 10.2. The van der Waals surface area contributed by atoms with Crippen LogP contribution in [0.5, 0.6) is 0 Å². The first-order valence-corrected chi connectivity index (χ1v) is 18.3. The molecule has 3 heteroatoms. The minimum Gasteiger partial charge on any atom is -0.435 e. The lowest BCUT2D eigenvalue weighted by Gasteiger charge is -2.27. The summed E-state index contributed by atoms with van der Waals surface area (Å²) in [6.45, 7) is 0.